The van der Waals surface area contributed by atoms with Crippen LogP contribution in [0.1, 0.15) is 37.0 Å². The minimum atomic E-state index is -5.34. The van der Waals surface area contributed by atoms with E-state index in [9.17, 15) is 34.8 Å². The van der Waals surface area contributed by atoms with E-state index in [2.05, 4.69) is 15.0 Å². The summed E-state index contributed by atoms with van der Waals surface area (Å²) in [5.41, 5.74) is -6.30. The number of oxime groups is 1. The number of alkyl halides is 6. The molecule has 1 aromatic heterocycles. The maximum absolute atomic E-state index is 14.7. The van der Waals surface area contributed by atoms with Gasteiger partial charge in [-0.05, 0) is 20.8 Å². The van der Waals surface area contributed by atoms with Crippen LogP contribution in [0.2, 0.25) is 0 Å². The molecule has 1 atom stereocenters. The summed E-state index contributed by atoms with van der Waals surface area (Å²) >= 11 is 0. The van der Waals surface area contributed by atoms with Crippen molar-refractivity contribution in [3.63, 3.8) is 0 Å². The summed E-state index contributed by atoms with van der Waals surface area (Å²) in [6.45, 7) is -0.0452. The molecule has 0 saturated carbocycles. The standard InChI is InChI=1S/C12H13F6N3O4S/c1-5-7(9(24-10(14)15)21(19-5)12(16,17)18)8(13)26(22,23)6-4-11(2,3)25-20-6/h8,10H,4H2,1-3H3. The fourth-order valence-electron chi connectivity index (χ4n) is 2.18. The van der Waals surface area contributed by atoms with Gasteiger partial charge in [0.05, 0.1) is 11.3 Å². The molecule has 0 spiro atoms. The molecule has 7 nitrogen and oxygen atoms in total. The molecular formula is C12H13F6N3O4S. The van der Waals surface area contributed by atoms with Crippen LogP contribution in [0, 0.1) is 6.92 Å². The molecule has 0 radical (unpaired) electrons. The maximum Gasteiger partial charge on any atom is 0.507 e. The van der Waals surface area contributed by atoms with Gasteiger partial charge in [0.25, 0.3) is 0 Å². The van der Waals surface area contributed by atoms with E-state index in [4.69, 9.17) is 4.84 Å². The zero-order chi connectivity index (χ0) is 20.1. The molecule has 0 amide bonds. The molecule has 0 fully saturated rings. The fraction of sp³-hybridized carbons (Fsp3) is 0.667. The summed E-state index contributed by atoms with van der Waals surface area (Å²) < 4.78 is 106. The van der Waals surface area contributed by atoms with Gasteiger partial charge in [0.1, 0.15) is 5.60 Å². The van der Waals surface area contributed by atoms with Gasteiger partial charge in [-0.2, -0.15) is 13.9 Å². The Balaban J connectivity index is 2.55. The largest absolute Gasteiger partial charge is 0.507 e. The Hall–Kier alpha value is -1.99. The second-order valence-electron chi connectivity index (χ2n) is 5.94. The van der Waals surface area contributed by atoms with Crippen molar-refractivity contribution in [2.75, 3.05) is 0 Å². The Bertz CT molecular complexity index is 831. The van der Waals surface area contributed by atoms with Crippen LogP contribution in [0.4, 0.5) is 26.3 Å². The van der Waals surface area contributed by atoms with Crippen LogP contribution < -0.4 is 4.74 Å². The van der Waals surface area contributed by atoms with Crippen LogP contribution in [-0.2, 0) is 21.0 Å². The molecule has 1 aromatic rings. The van der Waals surface area contributed by atoms with Crippen molar-refractivity contribution >= 4 is 14.9 Å². The molecule has 14 heteroatoms. The molecule has 2 heterocycles. The molecule has 0 aromatic carbocycles. The van der Waals surface area contributed by atoms with Crippen molar-refractivity contribution in [3.05, 3.63) is 11.3 Å². The van der Waals surface area contributed by atoms with Gasteiger partial charge in [0, 0.05) is 6.42 Å². The monoisotopic (exact) mass is 409 g/mol. The molecule has 26 heavy (non-hydrogen) atoms. The lowest BCUT2D eigenvalue weighted by Crippen LogP contribution is -2.25. The Morgan fingerprint density at radius 1 is 1.27 bits per heavy atom. The van der Waals surface area contributed by atoms with E-state index in [1.165, 1.54) is 13.8 Å². The summed E-state index contributed by atoms with van der Waals surface area (Å²) in [6.07, 6.45) is -5.69. The number of hydrogen-bond donors (Lipinski definition) is 0. The zero-order valence-electron chi connectivity index (χ0n) is 13.5. The van der Waals surface area contributed by atoms with Crippen LogP contribution >= 0.6 is 0 Å². The summed E-state index contributed by atoms with van der Waals surface area (Å²) in [4.78, 5) is 4.80. The lowest BCUT2D eigenvalue weighted by Gasteiger charge is -2.15. The zero-order valence-corrected chi connectivity index (χ0v) is 14.3. The second kappa shape index (κ2) is 6.32. The maximum atomic E-state index is 14.7. The summed E-state index contributed by atoms with van der Waals surface area (Å²) in [5.74, 6) is -1.75. The van der Waals surface area contributed by atoms with E-state index in [1.807, 2.05) is 0 Å². The minimum absolute atomic E-state index is 0.354. The van der Waals surface area contributed by atoms with Gasteiger partial charge in [0.2, 0.25) is 21.2 Å². The van der Waals surface area contributed by atoms with Crippen molar-refractivity contribution in [1.29, 1.82) is 0 Å². The first-order chi connectivity index (χ1) is 11.7. The summed E-state index contributed by atoms with van der Waals surface area (Å²) in [5, 5.41) is 5.35. The van der Waals surface area contributed by atoms with Crippen molar-refractivity contribution in [3.8, 4) is 5.88 Å². The highest BCUT2D eigenvalue weighted by molar-refractivity contribution is 8.06. The minimum Gasteiger partial charge on any atom is -0.416 e. The third-order valence-corrected chi connectivity index (χ3v) is 4.96. The predicted molar refractivity (Wildman–Crippen MR) is 74.9 cm³/mol. The quantitative estimate of drug-likeness (QED) is 0.714. The summed E-state index contributed by atoms with van der Waals surface area (Å²) in [6, 6.07) is 0. The smallest absolute Gasteiger partial charge is 0.416 e. The third kappa shape index (κ3) is 3.73. The third-order valence-electron chi connectivity index (χ3n) is 3.30. The molecular weight excluding hydrogens is 396 g/mol. The Morgan fingerprint density at radius 3 is 2.27 bits per heavy atom. The van der Waals surface area contributed by atoms with E-state index in [0.29, 0.717) is 0 Å². The lowest BCUT2D eigenvalue weighted by molar-refractivity contribution is -0.218. The Kier molecular flexibility index (Phi) is 4.94. The van der Waals surface area contributed by atoms with Gasteiger partial charge in [-0.1, -0.05) is 5.16 Å². The van der Waals surface area contributed by atoms with Gasteiger partial charge < -0.3 is 9.57 Å². The molecule has 1 aliphatic rings. The highest BCUT2D eigenvalue weighted by atomic mass is 32.2. The van der Waals surface area contributed by atoms with Crippen LogP contribution in [0.25, 0.3) is 0 Å². The molecule has 0 N–H and O–H groups in total. The van der Waals surface area contributed by atoms with Crippen molar-refractivity contribution < 1.29 is 44.3 Å². The van der Waals surface area contributed by atoms with Crippen LogP contribution in [0.5, 0.6) is 5.88 Å². The van der Waals surface area contributed by atoms with Crippen molar-refractivity contribution in [2.24, 2.45) is 5.16 Å². The molecule has 1 aliphatic heterocycles. The van der Waals surface area contributed by atoms with Gasteiger partial charge in [0.15, 0.2) is 5.04 Å². The second-order valence-corrected chi connectivity index (χ2v) is 7.91. The fourth-order valence-corrected chi connectivity index (χ4v) is 3.69. The van der Waals surface area contributed by atoms with Gasteiger partial charge >= 0.3 is 12.9 Å². The normalized spacial score (nSPS) is 18.6. The van der Waals surface area contributed by atoms with E-state index in [1.54, 1.807) is 0 Å². The topological polar surface area (TPSA) is 82.8 Å². The average molecular weight is 409 g/mol. The van der Waals surface area contributed by atoms with Gasteiger partial charge in [-0.25, -0.2) is 12.8 Å². The number of halogens is 6. The first kappa shape index (κ1) is 20.3. The highest BCUT2D eigenvalue weighted by Gasteiger charge is 2.46. The molecule has 0 bridgehead atoms. The Morgan fingerprint density at radius 2 is 1.85 bits per heavy atom. The van der Waals surface area contributed by atoms with Gasteiger partial charge in [-0.3, -0.25) is 0 Å². The first-order valence-corrected chi connectivity index (χ1v) is 8.46. The number of aromatic nitrogens is 2. The molecule has 0 saturated heterocycles. The predicted octanol–water partition coefficient (Wildman–Crippen LogP) is 3.16. The Labute approximate surface area is 143 Å². The van der Waals surface area contributed by atoms with E-state index < -0.39 is 60.7 Å². The van der Waals surface area contributed by atoms with Crippen molar-refractivity contribution in [2.45, 2.75) is 51.2 Å². The molecule has 2 rings (SSSR count). The lowest BCUT2D eigenvalue weighted by atomic mass is 10.1. The highest BCUT2D eigenvalue weighted by Crippen LogP contribution is 2.41. The number of aryl methyl sites for hydroxylation is 1. The van der Waals surface area contributed by atoms with Crippen LogP contribution in [0.15, 0.2) is 5.16 Å². The average Bonchev–Trinajstić information content (AvgIpc) is 2.97. The number of nitrogens with zero attached hydrogens (tertiary/aromatic N) is 3. The number of rotatable bonds is 4. The van der Waals surface area contributed by atoms with Crippen molar-refractivity contribution in [1.82, 2.24) is 9.78 Å². The number of hydrogen-bond acceptors (Lipinski definition) is 6. The molecule has 1 unspecified atom stereocenters. The molecule has 148 valence electrons. The number of sulfone groups is 1. The van der Waals surface area contributed by atoms with E-state index >= 15 is 0 Å². The van der Waals surface area contributed by atoms with E-state index in [-0.39, 0.29) is 6.42 Å². The first-order valence-electron chi connectivity index (χ1n) is 6.91. The summed E-state index contributed by atoms with van der Waals surface area (Å²) in [7, 11) is -4.96. The van der Waals surface area contributed by atoms with Crippen LogP contribution in [-0.4, -0.2) is 35.5 Å². The van der Waals surface area contributed by atoms with Gasteiger partial charge in [-0.15, -0.1) is 17.9 Å². The molecule has 0 aliphatic carbocycles. The SMILES string of the molecule is Cc1nn(C(F)(F)F)c(OC(F)F)c1C(F)S(=O)(=O)C1=NOC(C)(C)C1. The van der Waals surface area contributed by atoms with E-state index in [0.717, 1.165) is 6.92 Å². The van der Waals surface area contributed by atoms with Crippen LogP contribution in [0.3, 0.4) is 0 Å². The number of ether oxygens (including phenoxy) is 1.